The molecule has 3 heteroatoms. The number of carbonyl (C=O) groups excluding carboxylic acids is 2. The molecule has 0 fully saturated rings. The first kappa shape index (κ1) is 13.1. The summed E-state index contributed by atoms with van der Waals surface area (Å²) in [5.74, 6) is 0.586. The molecule has 0 heterocycles. The summed E-state index contributed by atoms with van der Waals surface area (Å²) in [5, 5.41) is 0. The van der Waals surface area contributed by atoms with Gasteiger partial charge in [0.15, 0.2) is 11.6 Å². The summed E-state index contributed by atoms with van der Waals surface area (Å²) >= 11 is 5.38. The molecule has 1 aliphatic rings. The topological polar surface area (TPSA) is 34.1 Å². The minimum Gasteiger partial charge on any atom is -0.290 e. The molecular formula is C11H15ClO2. The molecule has 0 aromatic carbocycles. The fourth-order valence-electron chi connectivity index (χ4n) is 0.784. The fourth-order valence-corrected chi connectivity index (χ4v) is 0.973. The molecule has 0 saturated heterocycles. The molecule has 0 unspecified atom stereocenters. The highest BCUT2D eigenvalue weighted by Gasteiger charge is 1.97. The highest BCUT2D eigenvalue weighted by molar-refractivity contribution is 6.17. The van der Waals surface area contributed by atoms with Crippen LogP contribution in [-0.4, -0.2) is 17.4 Å². The number of ketones is 2. The second-order valence-electron chi connectivity index (χ2n) is 2.87. The summed E-state index contributed by atoms with van der Waals surface area (Å²) in [6.45, 7) is 2.17. The smallest absolute Gasteiger partial charge is 0.178 e. The molecule has 2 nitrogen and oxygen atoms in total. The van der Waals surface area contributed by atoms with E-state index in [-0.39, 0.29) is 11.6 Å². The lowest BCUT2D eigenvalue weighted by Crippen LogP contribution is -1.97. The average Bonchev–Trinajstić information content (AvgIpc) is 2.20. The first-order valence-electron chi connectivity index (χ1n) is 4.70. The van der Waals surface area contributed by atoms with E-state index in [1.807, 2.05) is 0 Å². The second-order valence-corrected chi connectivity index (χ2v) is 3.25. The van der Waals surface area contributed by atoms with Crippen LogP contribution in [0.15, 0.2) is 24.3 Å². The van der Waals surface area contributed by atoms with Crippen molar-refractivity contribution in [3.05, 3.63) is 24.3 Å². The third-order valence-corrected chi connectivity index (χ3v) is 1.83. The van der Waals surface area contributed by atoms with Gasteiger partial charge in [-0.05, 0) is 30.7 Å². The molecule has 0 bridgehead atoms. The van der Waals surface area contributed by atoms with E-state index in [1.165, 1.54) is 43.6 Å². The molecule has 1 rings (SSSR count). The Morgan fingerprint density at radius 2 is 1.43 bits per heavy atom. The molecule has 0 atom stereocenters. The Bertz CT molecular complexity index is 200. The van der Waals surface area contributed by atoms with Gasteiger partial charge >= 0.3 is 0 Å². The van der Waals surface area contributed by atoms with E-state index in [2.05, 4.69) is 6.92 Å². The second kappa shape index (κ2) is 8.70. The number of alkyl halides is 1. The number of hydrogen-bond donors (Lipinski definition) is 0. The first-order chi connectivity index (χ1) is 6.70. The molecule has 0 N–H and O–H groups in total. The summed E-state index contributed by atoms with van der Waals surface area (Å²) in [4.78, 5) is 20.6. The number of rotatable bonds is 3. The van der Waals surface area contributed by atoms with Crippen LogP contribution in [-0.2, 0) is 9.59 Å². The highest BCUT2D eigenvalue weighted by Crippen LogP contribution is 1.93. The van der Waals surface area contributed by atoms with Crippen molar-refractivity contribution in [2.75, 3.05) is 5.88 Å². The number of hydrogen-bond acceptors (Lipinski definition) is 2. The lowest BCUT2D eigenvalue weighted by atomic mass is 10.2. The van der Waals surface area contributed by atoms with Crippen LogP contribution >= 0.6 is 11.6 Å². The number of allylic oxidation sites excluding steroid dienone is 4. The molecule has 0 amide bonds. The van der Waals surface area contributed by atoms with Gasteiger partial charge in [-0.3, -0.25) is 9.59 Å². The summed E-state index contributed by atoms with van der Waals surface area (Å²) in [6.07, 6.45) is 8.74. The van der Waals surface area contributed by atoms with Crippen LogP contribution in [0.3, 0.4) is 0 Å². The van der Waals surface area contributed by atoms with Gasteiger partial charge in [0, 0.05) is 5.88 Å². The van der Waals surface area contributed by atoms with Crippen LogP contribution in [0, 0.1) is 0 Å². The van der Waals surface area contributed by atoms with Crippen LogP contribution in [0.1, 0.15) is 26.2 Å². The van der Waals surface area contributed by atoms with Crippen LogP contribution in [0.25, 0.3) is 0 Å². The molecule has 0 saturated carbocycles. The fraction of sp³-hybridized carbons (Fsp3) is 0.455. The largest absolute Gasteiger partial charge is 0.290 e. The third-order valence-electron chi connectivity index (χ3n) is 1.56. The number of unbranched alkanes of at least 4 members (excludes halogenated alkanes) is 2. The Balaban J connectivity index is 0.000000255. The van der Waals surface area contributed by atoms with Crippen LogP contribution < -0.4 is 0 Å². The minimum absolute atomic E-state index is 0.121. The van der Waals surface area contributed by atoms with Gasteiger partial charge in [-0.1, -0.05) is 19.8 Å². The molecule has 0 aliphatic heterocycles. The van der Waals surface area contributed by atoms with Gasteiger partial charge in [0.1, 0.15) is 0 Å². The predicted octanol–water partition coefficient (Wildman–Crippen LogP) is 2.67. The van der Waals surface area contributed by atoms with Crippen molar-refractivity contribution in [1.82, 2.24) is 0 Å². The summed E-state index contributed by atoms with van der Waals surface area (Å²) in [6, 6.07) is 0. The van der Waals surface area contributed by atoms with Gasteiger partial charge in [0.25, 0.3) is 0 Å². The van der Waals surface area contributed by atoms with E-state index in [0.29, 0.717) is 0 Å². The van der Waals surface area contributed by atoms with Crippen molar-refractivity contribution in [2.45, 2.75) is 26.2 Å². The Morgan fingerprint density at radius 1 is 1.00 bits per heavy atom. The van der Waals surface area contributed by atoms with Gasteiger partial charge in [-0.2, -0.15) is 0 Å². The summed E-state index contributed by atoms with van der Waals surface area (Å²) in [5.41, 5.74) is 0. The molecule has 0 spiro atoms. The quantitative estimate of drug-likeness (QED) is 0.411. The van der Waals surface area contributed by atoms with Crippen molar-refractivity contribution in [3.63, 3.8) is 0 Å². The molecule has 14 heavy (non-hydrogen) atoms. The molecule has 78 valence electrons. The van der Waals surface area contributed by atoms with E-state index in [9.17, 15) is 9.59 Å². The van der Waals surface area contributed by atoms with Crippen LogP contribution in [0.4, 0.5) is 0 Å². The molecule has 0 aromatic rings. The van der Waals surface area contributed by atoms with E-state index in [1.54, 1.807) is 0 Å². The zero-order valence-electron chi connectivity index (χ0n) is 8.33. The Kier molecular flexibility index (Phi) is 8.14. The lowest BCUT2D eigenvalue weighted by Gasteiger charge is -1.87. The average molecular weight is 215 g/mol. The Labute approximate surface area is 89.6 Å². The van der Waals surface area contributed by atoms with E-state index >= 15 is 0 Å². The molecule has 1 aliphatic carbocycles. The van der Waals surface area contributed by atoms with Crippen molar-refractivity contribution in [2.24, 2.45) is 0 Å². The molecule has 0 aromatic heterocycles. The minimum atomic E-state index is -0.121. The Morgan fingerprint density at radius 3 is 1.64 bits per heavy atom. The molecule has 0 radical (unpaired) electrons. The summed E-state index contributed by atoms with van der Waals surface area (Å²) < 4.78 is 0. The zero-order chi connectivity index (χ0) is 10.8. The van der Waals surface area contributed by atoms with E-state index in [0.717, 1.165) is 5.88 Å². The van der Waals surface area contributed by atoms with E-state index < -0.39 is 0 Å². The van der Waals surface area contributed by atoms with Gasteiger partial charge in [0.2, 0.25) is 0 Å². The van der Waals surface area contributed by atoms with Gasteiger partial charge in [0.05, 0.1) is 0 Å². The van der Waals surface area contributed by atoms with Crippen LogP contribution in [0.5, 0.6) is 0 Å². The third kappa shape index (κ3) is 7.74. The SMILES string of the molecule is CCCCCCl.O=C1C=CC(=O)C=C1. The van der Waals surface area contributed by atoms with Crippen molar-refractivity contribution in [3.8, 4) is 0 Å². The van der Waals surface area contributed by atoms with Gasteiger partial charge < -0.3 is 0 Å². The maximum Gasteiger partial charge on any atom is 0.178 e. The Hall–Kier alpha value is -0.890. The number of halogens is 1. The highest BCUT2D eigenvalue weighted by atomic mass is 35.5. The normalized spacial score (nSPS) is 13.9. The van der Waals surface area contributed by atoms with Crippen LogP contribution in [0.2, 0.25) is 0 Å². The van der Waals surface area contributed by atoms with Crippen molar-refractivity contribution >= 4 is 23.2 Å². The van der Waals surface area contributed by atoms with E-state index in [4.69, 9.17) is 11.6 Å². The molecular weight excluding hydrogens is 200 g/mol. The summed E-state index contributed by atoms with van der Waals surface area (Å²) in [7, 11) is 0. The van der Waals surface area contributed by atoms with Gasteiger partial charge in [-0.15, -0.1) is 11.6 Å². The maximum atomic E-state index is 10.3. The predicted molar refractivity (Wildman–Crippen MR) is 58.5 cm³/mol. The first-order valence-corrected chi connectivity index (χ1v) is 5.24. The van der Waals surface area contributed by atoms with Crippen molar-refractivity contribution in [1.29, 1.82) is 0 Å². The standard InChI is InChI=1S/C6H4O2.C5H11Cl/c7-5-1-2-6(8)4-3-5;1-2-3-4-5-6/h1-4H;2-5H2,1H3. The van der Waals surface area contributed by atoms with Gasteiger partial charge in [-0.25, -0.2) is 0 Å². The number of carbonyl (C=O) groups is 2. The zero-order valence-corrected chi connectivity index (χ0v) is 9.09. The van der Waals surface area contributed by atoms with Crippen molar-refractivity contribution < 1.29 is 9.59 Å². The maximum absolute atomic E-state index is 10.3. The lowest BCUT2D eigenvalue weighted by molar-refractivity contribution is -0.113. The monoisotopic (exact) mass is 214 g/mol.